The minimum Gasteiger partial charge on any atom is -0.464 e. The van der Waals surface area contributed by atoms with E-state index in [9.17, 15) is 23.6 Å². The Morgan fingerprint density at radius 2 is 1.65 bits per heavy atom. The molecule has 0 bridgehead atoms. The van der Waals surface area contributed by atoms with Crippen molar-refractivity contribution < 1.29 is 33.0 Å². The predicted octanol–water partition coefficient (Wildman–Crippen LogP) is 2.37. The molecule has 0 aromatic heterocycles. The highest BCUT2D eigenvalue weighted by atomic mass is 19.1. The van der Waals surface area contributed by atoms with Crippen molar-refractivity contribution in [3.8, 4) is 0 Å². The van der Waals surface area contributed by atoms with E-state index < -0.39 is 42.0 Å². The lowest BCUT2D eigenvalue weighted by Gasteiger charge is -2.17. The number of esters is 1. The summed E-state index contributed by atoms with van der Waals surface area (Å²) >= 11 is 0. The molecule has 164 valence electrons. The fourth-order valence-electron chi connectivity index (χ4n) is 2.52. The molecule has 0 spiro atoms. The second kappa shape index (κ2) is 12.1. The molecule has 31 heavy (non-hydrogen) atoms. The van der Waals surface area contributed by atoms with Gasteiger partial charge in [-0.05, 0) is 36.8 Å². The lowest BCUT2D eigenvalue weighted by molar-refractivity contribution is -0.147. The number of hydrogen-bond donors (Lipinski definition) is 2. The van der Waals surface area contributed by atoms with Crippen LogP contribution in [0.5, 0.6) is 0 Å². The van der Waals surface area contributed by atoms with Crippen LogP contribution >= 0.6 is 0 Å². The van der Waals surface area contributed by atoms with Gasteiger partial charge in [-0.1, -0.05) is 30.3 Å². The number of ketones is 1. The van der Waals surface area contributed by atoms with Crippen molar-refractivity contribution in [2.45, 2.75) is 26.0 Å². The number of carbonyl (C=O) groups excluding carboxylic acids is 4. The largest absolute Gasteiger partial charge is 0.464 e. The highest BCUT2D eigenvalue weighted by Crippen LogP contribution is 2.05. The van der Waals surface area contributed by atoms with Gasteiger partial charge < -0.3 is 20.1 Å². The number of amides is 2. The van der Waals surface area contributed by atoms with Gasteiger partial charge in [0, 0.05) is 5.56 Å². The van der Waals surface area contributed by atoms with Crippen LogP contribution in [-0.2, 0) is 25.7 Å². The van der Waals surface area contributed by atoms with E-state index >= 15 is 0 Å². The molecule has 8 nitrogen and oxygen atoms in total. The number of nitrogens with one attached hydrogen (secondary N) is 2. The lowest BCUT2D eigenvalue weighted by atomic mass is 10.1. The normalized spacial score (nSPS) is 11.2. The van der Waals surface area contributed by atoms with Crippen molar-refractivity contribution in [3.63, 3.8) is 0 Å². The maximum absolute atomic E-state index is 12.9. The van der Waals surface area contributed by atoms with Gasteiger partial charge in [-0.2, -0.15) is 0 Å². The molecule has 0 aliphatic carbocycles. The molecule has 0 saturated heterocycles. The zero-order valence-corrected chi connectivity index (χ0v) is 16.9. The summed E-state index contributed by atoms with van der Waals surface area (Å²) in [4.78, 5) is 48.4. The van der Waals surface area contributed by atoms with E-state index in [-0.39, 0.29) is 25.3 Å². The zero-order valence-electron chi connectivity index (χ0n) is 16.9. The van der Waals surface area contributed by atoms with E-state index in [4.69, 9.17) is 9.47 Å². The van der Waals surface area contributed by atoms with E-state index in [1.807, 2.05) is 6.07 Å². The number of benzene rings is 2. The Morgan fingerprint density at radius 1 is 0.968 bits per heavy atom. The molecule has 1 atom stereocenters. The summed E-state index contributed by atoms with van der Waals surface area (Å²) in [5.74, 6) is -2.38. The Labute approximate surface area is 178 Å². The molecule has 2 aromatic carbocycles. The van der Waals surface area contributed by atoms with E-state index in [1.165, 1.54) is 12.1 Å². The average Bonchev–Trinajstić information content (AvgIpc) is 2.77. The molecular weight excluding hydrogens is 407 g/mol. The number of alkyl carbamates (subject to hydrolysis) is 1. The third-order valence-corrected chi connectivity index (χ3v) is 4.08. The monoisotopic (exact) mass is 430 g/mol. The summed E-state index contributed by atoms with van der Waals surface area (Å²) in [6.45, 7) is 1.28. The highest BCUT2D eigenvalue weighted by Gasteiger charge is 2.26. The van der Waals surface area contributed by atoms with E-state index in [2.05, 4.69) is 10.6 Å². The first-order valence-electron chi connectivity index (χ1n) is 9.58. The fraction of sp³-hybridized carbons (Fsp3) is 0.273. The van der Waals surface area contributed by atoms with Crippen LogP contribution < -0.4 is 10.6 Å². The minimum absolute atomic E-state index is 0.0133. The van der Waals surface area contributed by atoms with Crippen molar-refractivity contribution in [1.29, 1.82) is 0 Å². The van der Waals surface area contributed by atoms with Crippen LogP contribution in [0.4, 0.5) is 9.18 Å². The zero-order chi connectivity index (χ0) is 22.6. The number of halogens is 1. The van der Waals surface area contributed by atoms with Gasteiger partial charge in [0.25, 0.3) is 0 Å². The molecule has 2 N–H and O–H groups in total. The van der Waals surface area contributed by atoms with Crippen LogP contribution in [0.15, 0.2) is 54.6 Å². The average molecular weight is 430 g/mol. The van der Waals surface area contributed by atoms with Gasteiger partial charge in [0.15, 0.2) is 5.78 Å². The summed E-state index contributed by atoms with van der Waals surface area (Å²) in [6.07, 6.45) is -1.34. The number of carbonyl (C=O) groups is 4. The number of rotatable bonds is 10. The molecule has 0 fully saturated rings. The van der Waals surface area contributed by atoms with E-state index in [0.717, 1.165) is 17.7 Å². The summed E-state index contributed by atoms with van der Waals surface area (Å²) < 4.78 is 22.9. The Balaban J connectivity index is 1.87. The summed E-state index contributed by atoms with van der Waals surface area (Å²) in [5, 5.41) is 4.68. The number of ether oxygens (including phenoxy) is 2. The van der Waals surface area contributed by atoms with Crippen molar-refractivity contribution >= 4 is 23.8 Å². The molecule has 0 aliphatic heterocycles. The quantitative estimate of drug-likeness (QED) is 0.442. The van der Waals surface area contributed by atoms with Crippen LogP contribution in [-0.4, -0.2) is 42.9 Å². The molecule has 2 rings (SSSR count). The van der Waals surface area contributed by atoms with Crippen molar-refractivity contribution in [3.05, 3.63) is 71.5 Å². The van der Waals surface area contributed by atoms with Crippen LogP contribution in [0.1, 0.15) is 29.3 Å². The molecule has 9 heteroatoms. The van der Waals surface area contributed by atoms with E-state index in [0.29, 0.717) is 0 Å². The highest BCUT2D eigenvalue weighted by molar-refractivity contribution is 5.99. The van der Waals surface area contributed by atoms with Gasteiger partial charge in [-0.25, -0.2) is 14.0 Å². The Morgan fingerprint density at radius 3 is 2.29 bits per heavy atom. The first-order chi connectivity index (χ1) is 14.9. The van der Waals surface area contributed by atoms with Crippen LogP contribution in [0.3, 0.4) is 0 Å². The SMILES string of the molecule is CCOC(=O)[C@H](CC(=O)NCC(=O)c1ccc(F)cc1)NC(=O)OCc1ccccc1. The first kappa shape index (κ1) is 23.5. The molecule has 0 aliphatic rings. The Kier molecular flexibility index (Phi) is 9.15. The molecule has 0 saturated carbocycles. The molecule has 0 heterocycles. The van der Waals surface area contributed by atoms with Crippen LogP contribution in [0, 0.1) is 5.82 Å². The summed E-state index contributed by atoms with van der Waals surface area (Å²) in [7, 11) is 0. The number of Topliss-reactive ketones (excluding diaryl/α,β-unsaturated/α-hetero) is 1. The lowest BCUT2D eigenvalue weighted by Crippen LogP contribution is -2.45. The standard InChI is InChI=1S/C22H23FN2O6/c1-2-30-21(28)18(25-22(29)31-14-15-6-4-3-5-7-15)12-20(27)24-13-19(26)16-8-10-17(23)11-9-16/h3-11,18H,2,12-14H2,1H3,(H,24,27)(H,25,29)/t18-/m0/s1. The predicted molar refractivity (Wildman–Crippen MR) is 109 cm³/mol. The van der Waals surface area contributed by atoms with Crippen molar-refractivity contribution in [2.24, 2.45) is 0 Å². The molecule has 0 unspecified atom stereocenters. The maximum atomic E-state index is 12.9. The van der Waals surface area contributed by atoms with Gasteiger partial charge in [-0.3, -0.25) is 9.59 Å². The van der Waals surface area contributed by atoms with Gasteiger partial charge in [0.05, 0.1) is 19.6 Å². The second-order valence-electron chi connectivity index (χ2n) is 6.42. The summed E-state index contributed by atoms with van der Waals surface area (Å²) in [5.41, 5.74) is 0.980. The smallest absolute Gasteiger partial charge is 0.408 e. The van der Waals surface area contributed by atoms with E-state index in [1.54, 1.807) is 31.2 Å². The number of hydrogen-bond acceptors (Lipinski definition) is 6. The second-order valence-corrected chi connectivity index (χ2v) is 6.42. The Bertz CT molecular complexity index is 902. The topological polar surface area (TPSA) is 111 Å². The van der Waals surface area contributed by atoms with Gasteiger partial charge >= 0.3 is 12.1 Å². The first-order valence-corrected chi connectivity index (χ1v) is 9.58. The van der Waals surface area contributed by atoms with Gasteiger partial charge in [0.2, 0.25) is 5.91 Å². The maximum Gasteiger partial charge on any atom is 0.408 e. The third-order valence-electron chi connectivity index (χ3n) is 4.08. The minimum atomic E-state index is -1.29. The summed E-state index contributed by atoms with van der Waals surface area (Å²) in [6, 6.07) is 12.5. The van der Waals surface area contributed by atoms with Gasteiger partial charge in [0.1, 0.15) is 18.5 Å². The molecule has 2 amide bonds. The third kappa shape index (κ3) is 8.25. The fourth-order valence-corrected chi connectivity index (χ4v) is 2.52. The molecular formula is C22H23FN2O6. The van der Waals surface area contributed by atoms with Crippen LogP contribution in [0.25, 0.3) is 0 Å². The Hall–Kier alpha value is -3.75. The van der Waals surface area contributed by atoms with Crippen molar-refractivity contribution in [2.75, 3.05) is 13.2 Å². The molecule has 0 radical (unpaired) electrons. The van der Waals surface area contributed by atoms with Gasteiger partial charge in [-0.15, -0.1) is 0 Å². The molecule has 2 aromatic rings. The van der Waals surface area contributed by atoms with Crippen LogP contribution in [0.2, 0.25) is 0 Å². The van der Waals surface area contributed by atoms with Crippen molar-refractivity contribution in [1.82, 2.24) is 10.6 Å².